The molecule has 2 rings (SSSR count). The molecule has 0 aliphatic rings. The largest absolute Gasteiger partial charge is 0.335 e. The Labute approximate surface area is 124 Å². The Balaban J connectivity index is 2.31. The van der Waals surface area contributed by atoms with Crippen molar-refractivity contribution >= 4 is 10.0 Å². The molecule has 6 heteroatoms. The van der Waals surface area contributed by atoms with E-state index < -0.39 is 10.0 Å². The zero-order valence-corrected chi connectivity index (χ0v) is 12.8. The van der Waals surface area contributed by atoms with Gasteiger partial charge in [0.25, 0.3) is 0 Å². The van der Waals surface area contributed by atoms with Crippen LogP contribution in [0.1, 0.15) is 19.0 Å². The van der Waals surface area contributed by atoms with Crippen molar-refractivity contribution < 1.29 is 8.42 Å². The van der Waals surface area contributed by atoms with Crippen molar-refractivity contribution in [2.45, 2.75) is 18.2 Å². The van der Waals surface area contributed by atoms with E-state index in [1.54, 1.807) is 41.9 Å². The lowest BCUT2D eigenvalue weighted by atomic mass is 10.1. The molecule has 110 valence electrons. The van der Waals surface area contributed by atoms with E-state index in [4.69, 9.17) is 5.26 Å². The number of sulfonamides is 1. The highest BCUT2D eigenvalue weighted by molar-refractivity contribution is 7.89. The number of aromatic nitrogens is 1. The van der Waals surface area contributed by atoms with Gasteiger partial charge in [-0.2, -0.15) is 5.26 Å². The third-order valence-corrected chi connectivity index (χ3v) is 4.72. The fraction of sp³-hybridized carbons (Fsp3) is 0.267. The number of rotatable bonds is 5. The molecule has 0 unspecified atom stereocenters. The van der Waals surface area contributed by atoms with E-state index in [0.717, 1.165) is 17.7 Å². The highest BCUT2D eigenvalue weighted by Gasteiger charge is 2.13. The Kier molecular flexibility index (Phi) is 4.46. The van der Waals surface area contributed by atoms with Gasteiger partial charge >= 0.3 is 0 Å². The minimum Gasteiger partial charge on any atom is -0.335 e. The molecule has 0 saturated carbocycles. The molecule has 0 bridgehead atoms. The summed E-state index contributed by atoms with van der Waals surface area (Å²) in [6.45, 7) is 2.33. The summed E-state index contributed by atoms with van der Waals surface area (Å²) in [4.78, 5) is 0.245. The van der Waals surface area contributed by atoms with Gasteiger partial charge < -0.3 is 4.57 Å². The van der Waals surface area contributed by atoms with Crippen molar-refractivity contribution in [3.8, 4) is 17.3 Å². The first-order valence-electron chi connectivity index (χ1n) is 6.65. The van der Waals surface area contributed by atoms with Crippen molar-refractivity contribution in [2.24, 2.45) is 7.05 Å². The molecule has 0 aliphatic carbocycles. The summed E-state index contributed by atoms with van der Waals surface area (Å²) >= 11 is 0. The van der Waals surface area contributed by atoms with E-state index >= 15 is 0 Å². The van der Waals surface area contributed by atoms with Crippen LogP contribution in [0.25, 0.3) is 11.3 Å². The van der Waals surface area contributed by atoms with Crippen LogP contribution in [0, 0.1) is 11.3 Å². The first-order valence-corrected chi connectivity index (χ1v) is 8.14. The summed E-state index contributed by atoms with van der Waals surface area (Å²) in [6, 6.07) is 12.3. The number of nitriles is 1. The summed E-state index contributed by atoms with van der Waals surface area (Å²) in [5.74, 6) is 0. The van der Waals surface area contributed by atoms with Gasteiger partial charge in [-0.05, 0) is 36.2 Å². The van der Waals surface area contributed by atoms with Crippen LogP contribution < -0.4 is 4.72 Å². The number of hydrogen-bond acceptors (Lipinski definition) is 3. The number of nitrogens with zero attached hydrogens (tertiary/aromatic N) is 2. The van der Waals surface area contributed by atoms with Gasteiger partial charge in [0.05, 0.1) is 4.90 Å². The van der Waals surface area contributed by atoms with Gasteiger partial charge in [-0.1, -0.05) is 19.1 Å². The first-order chi connectivity index (χ1) is 9.99. The molecule has 0 fully saturated rings. The zero-order chi connectivity index (χ0) is 15.5. The maximum absolute atomic E-state index is 12.0. The number of benzene rings is 1. The molecule has 2 aromatic rings. The third-order valence-electron chi connectivity index (χ3n) is 3.24. The summed E-state index contributed by atoms with van der Waals surface area (Å²) in [7, 11) is -1.63. The lowest BCUT2D eigenvalue weighted by molar-refractivity contribution is 0.581. The molecule has 0 amide bonds. The van der Waals surface area contributed by atoms with Crippen LogP contribution in [0.4, 0.5) is 0 Å². The molecule has 0 saturated heterocycles. The topological polar surface area (TPSA) is 74.9 Å². The second-order valence-corrected chi connectivity index (χ2v) is 6.46. The molecule has 1 aromatic heterocycles. The fourth-order valence-corrected chi connectivity index (χ4v) is 3.17. The Hall–Kier alpha value is -2.10. The molecule has 0 spiro atoms. The Morgan fingerprint density at radius 1 is 1.19 bits per heavy atom. The molecule has 0 radical (unpaired) electrons. The summed E-state index contributed by atoms with van der Waals surface area (Å²) in [5, 5.41) is 8.95. The van der Waals surface area contributed by atoms with E-state index in [2.05, 4.69) is 10.8 Å². The van der Waals surface area contributed by atoms with Gasteiger partial charge in [-0.3, -0.25) is 0 Å². The lowest BCUT2D eigenvalue weighted by Gasteiger charge is -2.08. The SMILES string of the molecule is CCCNS(=O)(=O)c1ccc(-c2ccc(C#N)n2C)cc1. The van der Waals surface area contributed by atoms with Crippen LogP contribution in [-0.2, 0) is 17.1 Å². The van der Waals surface area contributed by atoms with Crippen LogP contribution in [0.5, 0.6) is 0 Å². The molecular formula is C15H17N3O2S. The molecular weight excluding hydrogens is 286 g/mol. The van der Waals surface area contributed by atoms with Crippen molar-refractivity contribution in [3.05, 3.63) is 42.1 Å². The highest BCUT2D eigenvalue weighted by Crippen LogP contribution is 2.23. The van der Waals surface area contributed by atoms with E-state index in [1.165, 1.54) is 0 Å². The Morgan fingerprint density at radius 3 is 2.38 bits per heavy atom. The van der Waals surface area contributed by atoms with Crippen LogP contribution in [0.2, 0.25) is 0 Å². The predicted molar refractivity (Wildman–Crippen MR) is 81.0 cm³/mol. The van der Waals surface area contributed by atoms with E-state index in [0.29, 0.717) is 12.2 Å². The zero-order valence-electron chi connectivity index (χ0n) is 12.0. The fourth-order valence-electron chi connectivity index (χ4n) is 2.04. The van der Waals surface area contributed by atoms with Crippen LogP contribution in [0.3, 0.4) is 0 Å². The van der Waals surface area contributed by atoms with Crippen LogP contribution in [-0.4, -0.2) is 19.5 Å². The molecule has 1 aromatic carbocycles. The number of nitrogens with one attached hydrogen (secondary N) is 1. The maximum atomic E-state index is 12.0. The standard InChI is InChI=1S/C15H17N3O2S/c1-3-10-17-21(19,20)14-7-4-12(5-8-14)15-9-6-13(11-16)18(15)2/h4-9,17H,3,10H2,1-2H3. The van der Waals surface area contributed by atoms with Gasteiger partial charge in [0, 0.05) is 19.3 Å². The van der Waals surface area contributed by atoms with Crippen molar-refractivity contribution in [2.75, 3.05) is 6.54 Å². The summed E-state index contributed by atoms with van der Waals surface area (Å²) in [5.41, 5.74) is 2.30. The maximum Gasteiger partial charge on any atom is 0.240 e. The van der Waals surface area contributed by atoms with Gasteiger partial charge in [-0.15, -0.1) is 0 Å². The molecule has 5 nitrogen and oxygen atoms in total. The smallest absolute Gasteiger partial charge is 0.240 e. The Morgan fingerprint density at radius 2 is 1.86 bits per heavy atom. The Bertz CT molecular complexity index is 768. The monoisotopic (exact) mass is 303 g/mol. The molecule has 0 atom stereocenters. The van der Waals surface area contributed by atoms with E-state index in [-0.39, 0.29) is 4.90 Å². The van der Waals surface area contributed by atoms with E-state index in [9.17, 15) is 8.42 Å². The third kappa shape index (κ3) is 3.15. The van der Waals surface area contributed by atoms with Gasteiger partial charge in [0.2, 0.25) is 10.0 Å². The van der Waals surface area contributed by atoms with E-state index in [1.807, 2.05) is 13.0 Å². The average molecular weight is 303 g/mol. The molecule has 0 aliphatic heterocycles. The first kappa shape index (κ1) is 15.3. The summed E-state index contributed by atoms with van der Waals surface area (Å²) in [6.07, 6.45) is 0.748. The minimum absolute atomic E-state index is 0.245. The van der Waals surface area contributed by atoms with Crippen LogP contribution in [0.15, 0.2) is 41.3 Å². The summed E-state index contributed by atoms with van der Waals surface area (Å²) < 4.78 is 28.3. The molecule has 1 heterocycles. The van der Waals surface area contributed by atoms with Crippen molar-refractivity contribution in [1.82, 2.24) is 9.29 Å². The quantitative estimate of drug-likeness (QED) is 0.920. The van der Waals surface area contributed by atoms with Crippen molar-refractivity contribution in [3.63, 3.8) is 0 Å². The number of hydrogen-bond donors (Lipinski definition) is 1. The lowest BCUT2D eigenvalue weighted by Crippen LogP contribution is -2.24. The predicted octanol–water partition coefficient (Wildman–Crippen LogP) is 2.25. The van der Waals surface area contributed by atoms with Gasteiger partial charge in [0.15, 0.2) is 0 Å². The second-order valence-electron chi connectivity index (χ2n) is 4.70. The highest BCUT2D eigenvalue weighted by atomic mass is 32.2. The average Bonchev–Trinajstić information content (AvgIpc) is 2.86. The second kappa shape index (κ2) is 6.12. The van der Waals surface area contributed by atoms with Gasteiger partial charge in [-0.25, -0.2) is 13.1 Å². The molecule has 21 heavy (non-hydrogen) atoms. The van der Waals surface area contributed by atoms with Crippen molar-refractivity contribution in [1.29, 1.82) is 5.26 Å². The van der Waals surface area contributed by atoms with Crippen LogP contribution >= 0.6 is 0 Å². The normalized spacial score (nSPS) is 11.3. The van der Waals surface area contributed by atoms with Gasteiger partial charge in [0.1, 0.15) is 11.8 Å². The minimum atomic E-state index is -3.44. The molecule has 1 N–H and O–H groups in total.